The standard InChI is InChI=1S/C19H28N4O3S2/c1-4-16-9-17-18(27-16)5-8-26-19(17)6-7-22(14(2)10-19)11-15-12-23(21-20-15)13-28(3,24)25/h9,12,14H,4-8,10-11,13H2,1-3H3/t14-,19+/m0/s1. The lowest BCUT2D eigenvalue weighted by Gasteiger charge is -2.47. The maximum Gasteiger partial charge on any atom is 0.167 e. The second-order valence-electron chi connectivity index (χ2n) is 8.07. The van der Waals surface area contributed by atoms with Crippen LogP contribution in [0.3, 0.4) is 0 Å². The van der Waals surface area contributed by atoms with Crippen molar-refractivity contribution < 1.29 is 13.2 Å². The van der Waals surface area contributed by atoms with E-state index in [0.717, 1.165) is 44.5 Å². The van der Waals surface area contributed by atoms with Gasteiger partial charge in [0.1, 0.15) is 5.88 Å². The third-order valence-corrected chi connectivity index (χ3v) is 7.85. The van der Waals surface area contributed by atoms with Crippen molar-refractivity contribution in [3.8, 4) is 0 Å². The number of hydrogen-bond acceptors (Lipinski definition) is 7. The molecule has 0 unspecified atom stereocenters. The maximum atomic E-state index is 11.4. The van der Waals surface area contributed by atoms with E-state index in [2.05, 4.69) is 35.1 Å². The van der Waals surface area contributed by atoms with E-state index in [-0.39, 0.29) is 11.5 Å². The van der Waals surface area contributed by atoms with Gasteiger partial charge in [0.15, 0.2) is 9.84 Å². The van der Waals surface area contributed by atoms with Crippen LogP contribution in [0.4, 0.5) is 0 Å². The number of thiophene rings is 1. The molecule has 1 saturated heterocycles. The molecular formula is C19H28N4O3S2. The highest BCUT2D eigenvalue weighted by Crippen LogP contribution is 2.46. The fraction of sp³-hybridized carbons (Fsp3) is 0.684. The summed E-state index contributed by atoms with van der Waals surface area (Å²) in [6.45, 7) is 6.87. The normalized spacial score (nSPS) is 25.9. The summed E-state index contributed by atoms with van der Waals surface area (Å²) in [6.07, 6.45) is 6.99. The van der Waals surface area contributed by atoms with Gasteiger partial charge >= 0.3 is 0 Å². The van der Waals surface area contributed by atoms with Gasteiger partial charge in [-0.3, -0.25) is 4.90 Å². The van der Waals surface area contributed by atoms with E-state index in [4.69, 9.17) is 4.74 Å². The molecule has 9 heteroatoms. The van der Waals surface area contributed by atoms with Crippen molar-refractivity contribution in [3.63, 3.8) is 0 Å². The van der Waals surface area contributed by atoms with Crippen molar-refractivity contribution in [2.75, 3.05) is 19.4 Å². The maximum absolute atomic E-state index is 11.4. The zero-order valence-electron chi connectivity index (χ0n) is 16.7. The molecule has 0 amide bonds. The predicted octanol–water partition coefficient (Wildman–Crippen LogP) is 2.36. The lowest BCUT2D eigenvalue weighted by Crippen LogP contribution is -2.50. The minimum Gasteiger partial charge on any atom is -0.370 e. The Morgan fingerprint density at radius 1 is 1.43 bits per heavy atom. The Morgan fingerprint density at radius 3 is 2.96 bits per heavy atom. The van der Waals surface area contributed by atoms with Gasteiger partial charge in [-0.25, -0.2) is 13.1 Å². The van der Waals surface area contributed by atoms with E-state index in [1.807, 2.05) is 11.3 Å². The first kappa shape index (κ1) is 20.0. The van der Waals surface area contributed by atoms with Crippen molar-refractivity contribution in [2.24, 2.45) is 0 Å². The summed E-state index contributed by atoms with van der Waals surface area (Å²) in [5.74, 6) is -0.132. The first-order chi connectivity index (χ1) is 13.3. The number of sulfone groups is 1. The fourth-order valence-corrected chi connectivity index (χ4v) is 6.22. The Kier molecular flexibility index (Phi) is 5.37. The van der Waals surface area contributed by atoms with Crippen LogP contribution < -0.4 is 0 Å². The highest BCUT2D eigenvalue weighted by molar-refractivity contribution is 7.89. The summed E-state index contributed by atoms with van der Waals surface area (Å²) in [4.78, 5) is 5.35. The van der Waals surface area contributed by atoms with Crippen LogP contribution in [0, 0.1) is 0 Å². The zero-order valence-corrected chi connectivity index (χ0v) is 18.4. The van der Waals surface area contributed by atoms with E-state index < -0.39 is 9.84 Å². The van der Waals surface area contributed by atoms with Crippen LogP contribution in [0.1, 0.15) is 47.7 Å². The largest absolute Gasteiger partial charge is 0.370 e. The summed E-state index contributed by atoms with van der Waals surface area (Å²) in [7, 11) is -3.12. The number of aromatic nitrogens is 3. The second kappa shape index (κ2) is 7.51. The highest BCUT2D eigenvalue weighted by Gasteiger charge is 2.44. The molecule has 1 fully saturated rings. The first-order valence-corrected chi connectivity index (χ1v) is 12.7. The van der Waals surface area contributed by atoms with Gasteiger partial charge in [0.25, 0.3) is 0 Å². The molecule has 2 aromatic rings. The highest BCUT2D eigenvalue weighted by atomic mass is 32.2. The molecule has 0 aliphatic carbocycles. The van der Waals surface area contributed by atoms with Crippen LogP contribution in [-0.2, 0) is 45.4 Å². The third-order valence-electron chi connectivity index (χ3n) is 5.78. The molecule has 2 atom stereocenters. The van der Waals surface area contributed by atoms with E-state index in [1.54, 1.807) is 6.20 Å². The van der Waals surface area contributed by atoms with Crippen LogP contribution in [0.2, 0.25) is 0 Å². The molecule has 1 spiro atoms. The minimum atomic E-state index is -3.12. The number of fused-ring (bicyclic) bond motifs is 2. The van der Waals surface area contributed by atoms with Crippen molar-refractivity contribution >= 4 is 21.2 Å². The van der Waals surface area contributed by atoms with Crippen molar-refractivity contribution in [2.45, 2.75) is 63.6 Å². The molecule has 0 N–H and O–H groups in total. The number of likely N-dealkylation sites (tertiary alicyclic amines) is 1. The Labute approximate surface area is 170 Å². The summed E-state index contributed by atoms with van der Waals surface area (Å²) in [6, 6.07) is 2.72. The average Bonchev–Trinajstić information content (AvgIpc) is 3.23. The minimum absolute atomic E-state index is 0.132. The first-order valence-electron chi connectivity index (χ1n) is 9.85. The van der Waals surface area contributed by atoms with Gasteiger partial charge in [0, 0.05) is 41.6 Å². The van der Waals surface area contributed by atoms with Gasteiger partial charge in [-0.1, -0.05) is 12.1 Å². The van der Waals surface area contributed by atoms with Gasteiger partial charge in [-0.15, -0.1) is 16.4 Å². The molecule has 7 nitrogen and oxygen atoms in total. The molecule has 2 aliphatic rings. The molecule has 4 rings (SSSR count). The van der Waals surface area contributed by atoms with E-state index in [0.29, 0.717) is 12.6 Å². The van der Waals surface area contributed by atoms with Gasteiger partial charge < -0.3 is 4.74 Å². The summed E-state index contributed by atoms with van der Waals surface area (Å²) >= 11 is 1.95. The topological polar surface area (TPSA) is 77.3 Å². The van der Waals surface area contributed by atoms with Crippen LogP contribution in [0.5, 0.6) is 0 Å². The number of aryl methyl sites for hydroxylation is 1. The van der Waals surface area contributed by atoms with Crippen LogP contribution >= 0.6 is 11.3 Å². The second-order valence-corrected chi connectivity index (χ2v) is 11.4. The Morgan fingerprint density at radius 2 is 2.25 bits per heavy atom. The molecule has 0 saturated carbocycles. The Hall–Kier alpha value is -1.29. The predicted molar refractivity (Wildman–Crippen MR) is 109 cm³/mol. The van der Waals surface area contributed by atoms with Crippen LogP contribution in [-0.4, -0.2) is 53.8 Å². The lowest BCUT2D eigenvalue weighted by atomic mass is 9.79. The van der Waals surface area contributed by atoms with E-state index >= 15 is 0 Å². The molecule has 154 valence electrons. The molecule has 2 aliphatic heterocycles. The Balaban J connectivity index is 1.46. The molecule has 28 heavy (non-hydrogen) atoms. The van der Waals surface area contributed by atoms with Crippen molar-refractivity contribution in [3.05, 3.63) is 33.3 Å². The smallest absolute Gasteiger partial charge is 0.167 e. The van der Waals surface area contributed by atoms with Gasteiger partial charge in [0.2, 0.25) is 0 Å². The summed E-state index contributed by atoms with van der Waals surface area (Å²) in [5.41, 5.74) is 2.08. The van der Waals surface area contributed by atoms with Gasteiger partial charge in [0.05, 0.1) is 24.1 Å². The summed E-state index contributed by atoms with van der Waals surface area (Å²) in [5, 5.41) is 8.12. The molecule has 0 aromatic carbocycles. The van der Waals surface area contributed by atoms with E-state index in [1.165, 1.54) is 26.3 Å². The third kappa shape index (κ3) is 4.03. The molecule has 0 bridgehead atoms. The number of rotatable bonds is 5. The molecule has 4 heterocycles. The van der Waals surface area contributed by atoms with Crippen molar-refractivity contribution in [1.29, 1.82) is 0 Å². The number of piperidine rings is 1. The zero-order chi connectivity index (χ0) is 19.9. The number of ether oxygens (including phenoxy) is 1. The van der Waals surface area contributed by atoms with Crippen molar-refractivity contribution in [1.82, 2.24) is 19.9 Å². The number of nitrogens with zero attached hydrogens (tertiary/aromatic N) is 4. The monoisotopic (exact) mass is 424 g/mol. The summed E-state index contributed by atoms with van der Waals surface area (Å²) < 4.78 is 30.7. The van der Waals surface area contributed by atoms with Crippen LogP contribution in [0.25, 0.3) is 0 Å². The Bertz CT molecular complexity index is 952. The molecule has 0 radical (unpaired) electrons. The SMILES string of the molecule is CCc1cc2c(s1)CCO[C@@]21CCN(Cc2cn(CS(C)(=O)=O)nn2)[C@@H](C)C1. The van der Waals surface area contributed by atoms with Crippen LogP contribution in [0.15, 0.2) is 12.3 Å². The lowest BCUT2D eigenvalue weighted by molar-refractivity contribution is -0.112. The van der Waals surface area contributed by atoms with Gasteiger partial charge in [-0.05, 0) is 37.8 Å². The quantitative estimate of drug-likeness (QED) is 0.733. The fourth-order valence-electron chi connectivity index (χ4n) is 4.43. The van der Waals surface area contributed by atoms with E-state index in [9.17, 15) is 8.42 Å². The average molecular weight is 425 g/mol. The van der Waals surface area contributed by atoms with Gasteiger partial charge in [-0.2, -0.15) is 0 Å². The number of hydrogen-bond donors (Lipinski definition) is 0. The molecule has 2 aromatic heterocycles. The molecular weight excluding hydrogens is 396 g/mol.